The van der Waals surface area contributed by atoms with Crippen LogP contribution in [0.3, 0.4) is 0 Å². The fourth-order valence-electron chi connectivity index (χ4n) is 3.18. The summed E-state index contributed by atoms with van der Waals surface area (Å²) in [5.41, 5.74) is 2.55. The number of hydrogen-bond acceptors (Lipinski definition) is 2. The van der Waals surface area contributed by atoms with Crippen LogP contribution >= 0.6 is 39.8 Å². The van der Waals surface area contributed by atoms with Crippen LogP contribution in [0.25, 0.3) is 0 Å². The molecule has 4 rings (SSSR count). The van der Waals surface area contributed by atoms with E-state index in [2.05, 4.69) is 121 Å². The molecular formula is C21H19Br2N2P. The van der Waals surface area contributed by atoms with Crippen LogP contribution in [-0.4, -0.2) is 19.2 Å². The highest BCUT2D eigenvalue weighted by Gasteiger charge is 2.26. The van der Waals surface area contributed by atoms with Gasteiger partial charge >= 0.3 is 0 Å². The largest absolute Gasteiger partial charge is 0.349 e. The van der Waals surface area contributed by atoms with E-state index in [1.54, 1.807) is 0 Å². The second-order valence-electron chi connectivity index (χ2n) is 6.33. The summed E-state index contributed by atoms with van der Waals surface area (Å²) >= 11 is 7.09. The highest BCUT2D eigenvalue weighted by Crippen LogP contribution is 2.42. The van der Waals surface area contributed by atoms with Crippen LogP contribution in [0, 0.1) is 0 Å². The van der Waals surface area contributed by atoms with Gasteiger partial charge < -0.3 is 9.80 Å². The third kappa shape index (κ3) is 4.14. The summed E-state index contributed by atoms with van der Waals surface area (Å²) in [6, 6.07) is 28.3. The van der Waals surface area contributed by atoms with Crippen molar-refractivity contribution in [3.05, 3.63) is 87.8 Å². The second kappa shape index (κ2) is 8.12. The van der Waals surface area contributed by atoms with Crippen molar-refractivity contribution in [3.63, 3.8) is 0 Å². The first-order chi connectivity index (χ1) is 12.7. The van der Waals surface area contributed by atoms with Gasteiger partial charge in [-0.2, -0.15) is 0 Å². The van der Waals surface area contributed by atoms with Gasteiger partial charge in [-0.15, -0.1) is 0 Å². The zero-order valence-corrected chi connectivity index (χ0v) is 18.3. The van der Waals surface area contributed by atoms with Gasteiger partial charge in [0.2, 0.25) is 0 Å². The summed E-state index contributed by atoms with van der Waals surface area (Å²) in [4.78, 5) is 4.99. The van der Waals surface area contributed by atoms with E-state index in [-0.39, 0.29) is 7.92 Å². The maximum atomic E-state index is 3.54. The van der Waals surface area contributed by atoms with Crippen LogP contribution in [0.5, 0.6) is 0 Å². The molecule has 1 fully saturated rings. The minimum atomic E-state index is -0.280. The molecule has 0 N–H and O–H groups in total. The number of nitrogens with zero attached hydrogens (tertiary/aromatic N) is 2. The molecule has 0 unspecified atom stereocenters. The monoisotopic (exact) mass is 488 g/mol. The van der Waals surface area contributed by atoms with Crippen LogP contribution < -0.4 is 15.1 Å². The van der Waals surface area contributed by atoms with E-state index in [1.807, 2.05) is 0 Å². The van der Waals surface area contributed by atoms with E-state index in [0.717, 1.165) is 28.2 Å². The molecule has 1 saturated heterocycles. The Morgan fingerprint density at radius 2 is 1.08 bits per heavy atom. The molecule has 0 atom stereocenters. The molecule has 0 saturated carbocycles. The lowest BCUT2D eigenvalue weighted by atomic mass is 10.3. The Morgan fingerprint density at radius 3 is 1.54 bits per heavy atom. The molecule has 0 radical (unpaired) electrons. The summed E-state index contributed by atoms with van der Waals surface area (Å²) in [6.45, 7) is 0.912. The lowest BCUT2D eigenvalue weighted by Crippen LogP contribution is -2.45. The topological polar surface area (TPSA) is 6.48 Å². The number of hydrogen-bond donors (Lipinski definition) is 0. The van der Waals surface area contributed by atoms with Crippen molar-refractivity contribution < 1.29 is 0 Å². The summed E-state index contributed by atoms with van der Waals surface area (Å²) in [6.07, 6.45) is 2.18. The number of benzene rings is 3. The van der Waals surface area contributed by atoms with Crippen molar-refractivity contribution in [2.45, 2.75) is 0 Å². The highest BCUT2D eigenvalue weighted by molar-refractivity contribution is 9.10. The van der Waals surface area contributed by atoms with Crippen LogP contribution in [0.2, 0.25) is 0 Å². The normalized spacial score (nSPS) is 15.3. The Kier molecular flexibility index (Phi) is 5.63. The van der Waals surface area contributed by atoms with E-state index in [4.69, 9.17) is 0 Å². The van der Waals surface area contributed by atoms with E-state index < -0.39 is 0 Å². The van der Waals surface area contributed by atoms with Crippen molar-refractivity contribution in [1.29, 1.82) is 0 Å². The Balaban J connectivity index is 1.66. The maximum Gasteiger partial charge on any atom is 0.0910 e. The summed E-state index contributed by atoms with van der Waals surface area (Å²) < 4.78 is 2.24. The van der Waals surface area contributed by atoms with Crippen molar-refractivity contribution in [2.75, 3.05) is 29.0 Å². The predicted octanol–water partition coefficient (Wildman–Crippen LogP) is 6.22. The predicted molar refractivity (Wildman–Crippen MR) is 121 cm³/mol. The fraction of sp³-hybridized carbons (Fsp3) is 0.143. The van der Waals surface area contributed by atoms with Crippen LogP contribution in [-0.2, 0) is 0 Å². The third-order valence-corrected chi connectivity index (χ3v) is 7.98. The first-order valence-corrected chi connectivity index (χ1v) is 11.8. The SMILES string of the molecule is Brc1ccc(N2CN(c3ccc(Br)cc3)CP(c3ccccc3)C2)cc1. The van der Waals surface area contributed by atoms with Gasteiger partial charge in [-0.25, -0.2) is 0 Å². The molecule has 3 aromatic rings. The molecule has 5 heteroatoms. The van der Waals surface area contributed by atoms with Crippen LogP contribution in [0.4, 0.5) is 11.4 Å². The zero-order chi connectivity index (χ0) is 17.9. The Bertz CT molecular complexity index is 800. The minimum Gasteiger partial charge on any atom is -0.349 e. The smallest absolute Gasteiger partial charge is 0.0910 e. The first-order valence-electron chi connectivity index (χ1n) is 8.50. The van der Waals surface area contributed by atoms with Gasteiger partial charge in [-0.1, -0.05) is 62.2 Å². The molecule has 0 spiro atoms. The lowest BCUT2D eigenvalue weighted by Gasteiger charge is -2.43. The molecule has 0 aromatic heterocycles. The van der Waals surface area contributed by atoms with Crippen LogP contribution in [0.1, 0.15) is 0 Å². The third-order valence-electron chi connectivity index (χ3n) is 4.53. The van der Waals surface area contributed by atoms with Crippen molar-refractivity contribution >= 4 is 56.5 Å². The second-order valence-corrected chi connectivity index (χ2v) is 10.3. The molecule has 26 heavy (non-hydrogen) atoms. The molecule has 1 heterocycles. The standard InChI is InChI=1S/C21H19Br2N2P/c22-17-6-10-19(11-7-17)24-14-25(20-12-8-18(23)9-13-20)16-26(15-24)21-4-2-1-3-5-21/h1-13H,14-16H2. The average Bonchev–Trinajstić information content (AvgIpc) is 2.69. The average molecular weight is 490 g/mol. The van der Waals surface area contributed by atoms with Gasteiger partial charge in [0.05, 0.1) is 6.67 Å². The summed E-state index contributed by atoms with van der Waals surface area (Å²) in [5, 5.41) is 1.46. The molecule has 0 aliphatic carbocycles. The fourth-order valence-corrected chi connectivity index (χ4v) is 6.05. The molecular weight excluding hydrogens is 471 g/mol. The molecule has 0 bridgehead atoms. The number of rotatable bonds is 3. The van der Waals surface area contributed by atoms with E-state index in [9.17, 15) is 0 Å². The quantitative estimate of drug-likeness (QED) is 0.403. The van der Waals surface area contributed by atoms with E-state index in [0.29, 0.717) is 0 Å². The molecule has 2 nitrogen and oxygen atoms in total. The van der Waals surface area contributed by atoms with Gasteiger partial charge in [0, 0.05) is 32.9 Å². The zero-order valence-electron chi connectivity index (χ0n) is 14.2. The van der Waals surface area contributed by atoms with Gasteiger partial charge in [-0.05, 0) is 61.8 Å². The van der Waals surface area contributed by atoms with Crippen LogP contribution in [0.15, 0.2) is 87.8 Å². The van der Waals surface area contributed by atoms with Gasteiger partial charge in [-0.3, -0.25) is 0 Å². The molecule has 3 aromatic carbocycles. The van der Waals surface area contributed by atoms with Crippen molar-refractivity contribution in [1.82, 2.24) is 0 Å². The Hall–Kier alpha value is -1.35. The lowest BCUT2D eigenvalue weighted by molar-refractivity contribution is 0.799. The first kappa shape index (κ1) is 18.0. The molecule has 1 aliphatic rings. The van der Waals surface area contributed by atoms with Gasteiger partial charge in [0.1, 0.15) is 0 Å². The Morgan fingerprint density at radius 1 is 0.615 bits per heavy atom. The number of halogens is 2. The van der Waals surface area contributed by atoms with Gasteiger partial charge in [0.15, 0.2) is 0 Å². The molecule has 0 amide bonds. The molecule has 132 valence electrons. The minimum absolute atomic E-state index is 0.280. The Labute approximate surface area is 172 Å². The van der Waals surface area contributed by atoms with Crippen molar-refractivity contribution in [3.8, 4) is 0 Å². The number of anilines is 2. The van der Waals surface area contributed by atoms with E-state index >= 15 is 0 Å². The van der Waals surface area contributed by atoms with Crippen molar-refractivity contribution in [2.24, 2.45) is 0 Å². The summed E-state index contributed by atoms with van der Waals surface area (Å²) in [5.74, 6) is 0. The van der Waals surface area contributed by atoms with E-state index in [1.165, 1.54) is 16.7 Å². The van der Waals surface area contributed by atoms with Gasteiger partial charge in [0.25, 0.3) is 0 Å². The molecule has 1 aliphatic heterocycles. The maximum absolute atomic E-state index is 3.54. The summed E-state index contributed by atoms with van der Waals surface area (Å²) in [7, 11) is -0.280. The highest BCUT2D eigenvalue weighted by atomic mass is 79.9.